The molecule has 142 valence electrons. The van der Waals surface area contributed by atoms with E-state index in [1.807, 2.05) is 12.3 Å². The number of methoxy groups -OCH3 is 1. The minimum absolute atomic E-state index is 0.152. The van der Waals surface area contributed by atoms with Crippen molar-refractivity contribution < 1.29 is 9.13 Å². The van der Waals surface area contributed by atoms with Crippen LogP contribution in [0.5, 0.6) is 0 Å². The zero-order chi connectivity index (χ0) is 19.1. The van der Waals surface area contributed by atoms with Crippen molar-refractivity contribution in [2.45, 2.75) is 39.8 Å². The summed E-state index contributed by atoms with van der Waals surface area (Å²) < 4.78 is 21.3. The second-order valence-corrected chi connectivity index (χ2v) is 7.35. The van der Waals surface area contributed by atoms with E-state index in [9.17, 15) is 4.39 Å². The van der Waals surface area contributed by atoms with Gasteiger partial charge >= 0.3 is 0 Å². The van der Waals surface area contributed by atoms with E-state index in [0.29, 0.717) is 6.61 Å². The molecule has 4 rings (SSSR count). The zero-order valence-electron chi connectivity index (χ0n) is 16.4. The van der Waals surface area contributed by atoms with Crippen LogP contribution in [0, 0.1) is 19.7 Å². The molecule has 4 nitrogen and oxygen atoms in total. The van der Waals surface area contributed by atoms with Crippen LogP contribution < -0.4 is 4.90 Å². The molecule has 0 aliphatic carbocycles. The molecule has 1 aromatic carbocycles. The van der Waals surface area contributed by atoms with Gasteiger partial charge < -0.3 is 14.2 Å². The van der Waals surface area contributed by atoms with Crippen LogP contribution in [0.3, 0.4) is 0 Å². The molecule has 0 radical (unpaired) electrons. The van der Waals surface area contributed by atoms with Crippen molar-refractivity contribution in [2.24, 2.45) is 0 Å². The lowest BCUT2D eigenvalue weighted by molar-refractivity contribution is 0.188. The number of benzene rings is 1. The van der Waals surface area contributed by atoms with Gasteiger partial charge in [-0.15, -0.1) is 0 Å². The minimum atomic E-state index is -0.158. The van der Waals surface area contributed by atoms with E-state index < -0.39 is 0 Å². The third kappa shape index (κ3) is 2.90. The second-order valence-electron chi connectivity index (χ2n) is 7.35. The third-order valence-corrected chi connectivity index (χ3v) is 5.96. The number of nitrogens with zero attached hydrogens (tertiary/aromatic N) is 3. The molecule has 1 aliphatic rings. The van der Waals surface area contributed by atoms with Crippen molar-refractivity contribution >= 4 is 16.7 Å². The topological polar surface area (TPSA) is 30.3 Å². The Balaban J connectivity index is 1.84. The van der Waals surface area contributed by atoms with Crippen LogP contribution in [0.1, 0.15) is 35.3 Å². The average molecular weight is 367 g/mol. The maximum absolute atomic E-state index is 13.6. The highest BCUT2D eigenvalue weighted by molar-refractivity contribution is 5.93. The van der Waals surface area contributed by atoms with Gasteiger partial charge in [0.05, 0.1) is 18.2 Å². The first kappa shape index (κ1) is 18.0. The highest BCUT2D eigenvalue weighted by atomic mass is 19.1. The summed E-state index contributed by atoms with van der Waals surface area (Å²) in [7, 11) is 1.73. The zero-order valence-corrected chi connectivity index (χ0v) is 16.4. The summed E-state index contributed by atoms with van der Waals surface area (Å²) in [6.07, 6.45) is 2.73. The van der Waals surface area contributed by atoms with Gasteiger partial charge in [0.15, 0.2) is 5.82 Å². The molecule has 1 atom stereocenters. The highest BCUT2D eigenvalue weighted by Gasteiger charge is 2.28. The molecule has 0 N–H and O–H groups in total. The van der Waals surface area contributed by atoms with E-state index in [0.717, 1.165) is 30.9 Å². The Hall–Kier alpha value is -2.40. The predicted molar refractivity (Wildman–Crippen MR) is 107 cm³/mol. The summed E-state index contributed by atoms with van der Waals surface area (Å²) in [4.78, 5) is 7.14. The molecule has 0 spiro atoms. The van der Waals surface area contributed by atoms with Crippen LogP contribution in [0.15, 0.2) is 30.5 Å². The Kier molecular flexibility index (Phi) is 4.64. The van der Waals surface area contributed by atoms with Crippen LogP contribution in [-0.4, -0.2) is 29.8 Å². The van der Waals surface area contributed by atoms with E-state index in [-0.39, 0.29) is 11.9 Å². The quantitative estimate of drug-likeness (QED) is 0.677. The Bertz CT molecular complexity index is 995. The summed E-state index contributed by atoms with van der Waals surface area (Å²) in [6, 6.07) is 7.40. The van der Waals surface area contributed by atoms with Crippen molar-refractivity contribution in [1.29, 1.82) is 0 Å². The Labute approximate surface area is 159 Å². The maximum Gasteiger partial charge on any atom is 0.153 e. The minimum Gasteiger partial charge on any atom is -0.383 e. The number of aryl methyl sites for hydroxylation is 1. The molecule has 0 saturated heterocycles. The molecular formula is C22H26FN3O. The van der Waals surface area contributed by atoms with Crippen LogP contribution in [0.25, 0.3) is 10.9 Å². The fourth-order valence-electron chi connectivity index (χ4n) is 4.34. The third-order valence-electron chi connectivity index (χ3n) is 5.96. The Morgan fingerprint density at radius 1 is 1.26 bits per heavy atom. The second kappa shape index (κ2) is 6.97. The van der Waals surface area contributed by atoms with Crippen LogP contribution in [-0.2, 0) is 17.7 Å². The number of hydrogen-bond acceptors (Lipinski definition) is 3. The number of hydrogen-bond donors (Lipinski definition) is 0. The molecule has 2 aromatic heterocycles. The fourth-order valence-corrected chi connectivity index (χ4v) is 4.34. The monoisotopic (exact) mass is 367 g/mol. The SMILES string of the molecule is COCCn1c(C)c(C)c2ccnc(N3CCc4cc(F)ccc4C3C)c21. The summed E-state index contributed by atoms with van der Waals surface area (Å²) in [5, 5.41) is 1.24. The number of anilines is 1. The van der Waals surface area contributed by atoms with Crippen LogP contribution >= 0.6 is 0 Å². The normalized spacial score (nSPS) is 16.8. The average Bonchev–Trinajstić information content (AvgIpc) is 2.91. The summed E-state index contributed by atoms with van der Waals surface area (Å²) >= 11 is 0. The number of halogens is 1. The smallest absolute Gasteiger partial charge is 0.153 e. The van der Waals surface area contributed by atoms with E-state index in [1.165, 1.54) is 27.7 Å². The maximum atomic E-state index is 13.6. The van der Waals surface area contributed by atoms with Crippen molar-refractivity contribution in [3.63, 3.8) is 0 Å². The summed E-state index contributed by atoms with van der Waals surface area (Å²) in [6.45, 7) is 8.80. The number of fused-ring (bicyclic) bond motifs is 2. The molecular weight excluding hydrogens is 341 g/mol. The standard InChI is InChI=1S/C22H26FN3O/c1-14-15(2)25(11-12-27-4)21-19(14)7-9-24-22(21)26-10-8-17-13-18(23)5-6-20(17)16(26)3/h5-7,9,13,16H,8,10-12H2,1-4H3. The molecule has 1 aliphatic heterocycles. The molecule has 0 bridgehead atoms. The number of ether oxygens (including phenoxy) is 1. The Morgan fingerprint density at radius 3 is 2.85 bits per heavy atom. The van der Waals surface area contributed by atoms with Gasteiger partial charge in [0, 0.05) is 37.5 Å². The largest absolute Gasteiger partial charge is 0.383 e. The van der Waals surface area contributed by atoms with Gasteiger partial charge in [-0.05, 0) is 62.1 Å². The van der Waals surface area contributed by atoms with Crippen molar-refractivity contribution in [1.82, 2.24) is 9.55 Å². The van der Waals surface area contributed by atoms with Gasteiger partial charge in [-0.3, -0.25) is 0 Å². The molecule has 0 amide bonds. The predicted octanol–water partition coefficient (Wildman–Crippen LogP) is 4.56. The van der Waals surface area contributed by atoms with E-state index in [1.54, 1.807) is 19.2 Å². The molecule has 0 fully saturated rings. The lowest BCUT2D eigenvalue weighted by Gasteiger charge is -2.36. The van der Waals surface area contributed by atoms with Gasteiger partial charge in [0.1, 0.15) is 5.82 Å². The number of rotatable bonds is 4. The molecule has 5 heteroatoms. The molecule has 0 saturated carbocycles. The highest BCUT2D eigenvalue weighted by Crippen LogP contribution is 2.38. The lowest BCUT2D eigenvalue weighted by atomic mass is 9.93. The molecule has 27 heavy (non-hydrogen) atoms. The van der Waals surface area contributed by atoms with E-state index in [4.69, 9.17) is 9.72 Å². The van der Waals surface area contributed by atoms with Gasteiger partial charge in [0.2, 0.25) is 0 Å². The van der Waals surface area contributed by atoms with Gasteiger partial charge in [-0.25, -0.2) is 9.37 Å². The van der Waals surface area contributed by atoms with Crippen LogP contribution in [0.4, 0.5) is 10.2 Å². The lowest BCUT2D eigenvalue weighted by Crippen LogP contribution is -2.35. The van der Waals surface area contributed by atoms with Gasteiger partial charge in [-0.2, -0.15) is 0 Å². The Morgan fingerprint density at radius 2 is 2.07 bits per heavy atom. The first-order chi connectivity index (χ1) is 13.0. The van der Waals surface area contributed by atoms with Crippen molar-refractivity contribution in [3.8, 4) is 0 Å². The van der Waals surface area contributed by atoms with Gasteiger partial charge in [0.25, 0.3) is 0 Å². The van der Waals surface area contributed by atoms with Crippen LogP contribution in [0.2, 0.25) is 0 Å². The number of pyridine rings is 1. The summed E-state index contributed by atoms with van der Waals surface area (Å²) in [5.41, 5.74) is 6.00. The molecule has 1 unspecified atom stereocenters. The number of aromatic nitrogens is 2. The molecule has 3 heterocycles. The molecule has 3 aromatic rings. The van der Waals surface area contributed by atoms with Crippen molar-refractivity contribution in [2.75, 3.05) is 25.2 Å². The van der Waals surface area contributed by atoms with Gasteiger partial charge in [-0.1, -0.05) is 6.07 Å². The van der Waals surface area contributed by atoms with E-state index in [2.05, 4.69) is 36.3 Å². The fraction of sp³-hybridized carbons (Fsp3) is 0.409. The van der Waals surface area contributed by atoms with E-state index >= 15 is 0 Å². The first-order valence-corrected chi connectivity index (χ1v) is 9.51. The van der Waals surface area contributed by atoms with Crippen molar-refractivity contribution in [3.05, 3.63) is 58.7 Å². The first-order valence-electron chi connectivity index (χ1n) is 9.51. The summed E-state index contributed by atoms with van der Waals surface area (Å²) in [5.74, 6) is 0.844.